The predicted molar refractivity (Wildman–Crippen MR) is 64.1 cm³/mol. The van der Waals surface area contributed by atoms with E-state index in [0.717, 1.165) is 5.56 Å². The van der Waals surface area contributed by atoms with Crippen molar-refractivity contribution in [3.8, 4) is 0 Å². The molecule has 0 amide bonds. The summed E-state index contributed by atoms with van der Waals surface area (Å²) in [5.74, 6) is 0.186. The third-order valence-electron chi connectivity index (χ3n) is 2.48. The lowest BCUT2D eigenvalue weighted by Crippen LogP contribution is -2.11. The highest BCUT2D eigenvalue weighted by Gasteiger charge is 2.13. The third kappa shape index (κ3) is 3.19. The number of hydrogen-bond donors (Lipinski definition) is 0. The van der Waals surface area contributed by atoms with E-state index < -0.39 is 0 Å². The summed E-state index contributed by atoms with van der Waals surface area (Å²) in [4.78, 5) is 11.6. The van der Waals surface area contributed by atoms with Crippen molar-refractivity contribution in [3.05, 3.63) is 42.3 Å². The first-order valence-corrected chi connectivity index (χ1v) is 5.38. The van der Waals surface area contributed by atoms with Gasteiger partial charge in [-0.15, -0.1) is 0 Å². The van der Waals surface area contributed by atoms with Crippen LogP contribution in [0.3, 0.4) is 0 Å². The molecule has 0 aliphatic heterocycles. The molecule has 1 rings (SSSR count). The van der Waals surface area contributed by atoms with Crippen LogP contribution in [0.25, 0.3) is 0 Å². The highest BCUT2D eigenvalue weighted by atomic mass is 16.1. The molecule has 0 unspecified atom stereocenters. The van der Waals surface area contributed by atoms with Crippen LogP contribution in [0.4, 0.5) is 0 Å². The zero-order valence-corrected chi connectivity index (χ0v) is 9.84. The molecular formula is C14H19O-. The SMILES string of the molecule is [CH2-]CCC(=O)c1ccc(C(C)(C)C)cc1. The molecule has 0 atom stereocenters. The van der Waals surface area contributed by atoms with Crippen LogP contribution in [0.2, 0.25) is 0 Å². The summed E-state index contributed by atoms with van der Waals surface area (Å²) in [5, 5.41) is 0. The Morgan fingerprint density at radius 2 is 1.73 bits per heavy atom. The largest absolute Gasteiger partial charge is 0.343 e. The van der Waals surface area contributed by atoms with Gasteiger partial charge in [-0.1, -0.05) is 45.0 Å². The second-order valence-corrected chi connectivity index (χ2v) is 4.85. The first-order valence-electron chi connectivity index (χ1n) is 5.38. The minimum atomic E-state index is 0.147. The smallest absolute Gasteiger partial charge is 0.160 e. The fourth-order valence-corrected chi connectivity index (χ4v) is 1.46. The molecule has 0 radical (unpaired) electrons. The van der Waals surface area contributed by atoms with Crippen LogP contribution in [-0.4, -0.2) is 5.78 Å². The molecule has 0 saturated carbocycles. The fraction of sp³-hybridized carbons (Fsp3) is 0.429. The van der Waals surface area contributed by atoms with Gasteiger partial charge in [-0.2, -0.15) is 6.42 Å². The predicted octanol–water partition coefficient (Wildman–Crippen LogP) is 3.78. The Hall–Kier alpha value is -1.11. The maximum absolute atomic E-state index is 11.6. The molecular weight excluding hydrogens is 184 g/mol. The molecule has 0 aromatic heterocycles. The van der Waals surface area contributed by atoms with Crippen LogP contribution in [0.5, 0.6) is 0 Å². The first-order chi connectivity index (χ1) is 6.95. The summed E-state index contributed by atoms with van der Waals surface area (Å²) >= 11 is 0. The van der Waals surface area contributed by atoms with Gasteiger partial charge in [0, 0.05) is 5.56 Å². The number of hydrogen-bond acceptors (Lipinski definition) is 1. The van der Waals surface area contributed by atoms with Crippen LogP contribution in [0.1, 0.15) is 49.5 Å². The van der Waals surface area contributed by atoms with Gasteiger partial charge in [-0.3, -0.25) is 4.79 Å². The molecule has 0 spiro atoms. The minimum Gasteiger partial charge on any atom is -0.343 e. The number of Topliss-reactive ketones (excluding diaryl/α,β-unsaturated/α-hetero) is 1. The normalized spacial score (nSPS) is 11.5. The van der Waals surface area contributed by atoms with Crippen molar-refractivity contribution in [2.45, 2.75) is 39.0 Å². The molecule has 1 aromatic carbocycles. The average molecular weight is 203 g/mol. The Morgan fingerprint density at radius 3 is 2.13 bits per heavy atom. The Bertz CT molecular complexity index is 327. The van der Waals surface area contributed by atoms with Gasteiger partial charge >= 0.3 is 0 Å². The quantitative estimate of drug-likeness (QED) is 0.539. The molecule has 0 heterocycles. The lowest BCUT2D eigenvalue weighted by Gasteiger charge is -2.19. The summed E-state index contributed by atoms with van der Waals surface area (Å²) in [6.45, 7) is 10.2. The van der Waals surface area contributed by atoms with Crippen molar-refractivity contribution >= 4 is 5.78 Å². The van der Waals surface area contributed by atoms with E-state index in [0.29, 0.717) is 12.8 Å². The summed E-state index contributed by atoms with van der Waals surface area (Å²) in [6, 6.07) is 7.91. The number of ketones is 1. The number of benzene rings is 1. The summed E-state index contributed by atoms with van der Waals surface area (Å²) in [5.41, 5.74) is 2.20. The second kappa shape index (κ2) is 4.61. The molecule has 0 bridgehead atoms. The average Bonchev–Trinajstić information content (AvgIpc) is 2.17. The van der Waals surface area contributed by atoms with Gasteiger partial charge in [0.2, 0.25) is 0 Å². The standard InChI is InChI=1S/C14H19O/c1-5-6-13(15)11-7-9-12(10-8-11)14(2,3)4/h7-10H,1,5-6H2,2-4H3/q-1. The molecule has 15 heavy (non-hydrogen) atoms. The number of carbonyl (C=O) groups is 1. The maximum atomic E-state index is 11.6. The van der Waals surface area contributed by atoms with E-state index in [-0.39, 0.29) is 11.2 Å². The van der Waals surface area contributed by atoms with E-state index in [1.54, 1.807) is 0 Å². The highest BCUT2D eigenvalue weighted by molar-refractivity contribution is 5.96. The lowest BCUT2D eigenvalue weighted by atomic mass is 9.86. The van der Waals surface area contributed by atoms with Gasteiger partial charge in [0.25, 0.3) is 0 Å². The van der Waals surface area contributed by atoms with Gasteiger partial charge in [0.15, 0.2) is 5.78 Å². The second-order valence-electron chi connectivity index (χ2n) is 4.85. The fourth-order valence-electron chi connectivity index (χ4n) is 1.46. The van der Waals surface area contributed by atoms with Crippen molar-refractivity contribution in [1.29, 1.82) is 0 Å². The van der Waals surface area contributed by atoms with Crippen LogP contribution in [-0.2, 0) is 5.41 Å². The van der Waals surface area contributed by atoms with Crippen LogP contribution < -0.4 is 0 Å². The Balaban J connectivity index is 2.86. The Labute approximate surface area is 92.5 Å². The molecule has 0 N–H and O–H groups in total. The van der Waals surface area contributed by atoms with Crippen molar-refractivity contribution in [2.24, 2.45) is 0 Å². The van der Waals surface area contributed by atoms with Crippen LogP contribution >= 0.6 is 0 Å². The number of rotatable bonds is 3. The summed E-state index contributed by atoms with van der Waals surface area (Å²) < 4.78 is 0. The molecule has 0 aliphatic rings. The Kier molecular flexibility index (Phi) is 3.67. The van der Waals surface area contributed by atoms with Crippen molar-refractivity contribution in [3.63, 3.8) is 0 Å². The molecule has 0 saturated heterocycles. The molecule has 0 fully saturated rings. The molecule has 1 nitrogen and oxygen atoms in total. The number of carbonyl (C=O) groups excluding carboxylic acids is 1. The highest BCUT2D eigenvalue weighted by Crippen LogP contribution is 2.22. The van der Waals surface area contributed by atoms with Gasteiger partial charge in [-0.25, -0.2) is 0 Å². The summed E-state index contributed by atoms with van der Waals surface area (Å²) in [6.07, 6.45) is 1.20. The molecule has 1 heteroatoms. The van der Waals surface area contributed by atoms with Crippen LogP contribution in [0, 0.1) is 6.92 Å². The molecule has 0 aliphatic carbocycles. The van der Waals surface area contributed by atoms with Crippen LogP contribution in [0.15, 0.2) is 24.3 Å². The van der Waals surface area contributed by atoms with Gasteiger partial charge in [0.05, 0.1) is 0 Å². The van der Waals surface area contributed by atoms with E-state index in [1.807, 2.05) is 24.3 Å². The lowest BCUT2D eigenvalue weighted by molar-refractivity contribution is 0.0983. The molecule has 1 aromatic rings. The minimum absolute atomic E-state index is 0.147. The first kappa shape index (κ1) is 12.0. The van der Waals surface area contributed by atoms with Gasteiger partial charge in [0.1, 0.15) is 0 Å². The topological polar surface area (TPSA) is 17.1 Å². The van der Waals surface area contributed by atoms with E-state index in [2.05, 4.69) is 27.7 Å². The summed E-state index contributed by atoms with van der Waals surface area (Å²) in [7, 11) is 0. The third-order valence-corrected chi connectivity index (χ3v) is 2.48. The van der Waals surface area contributed by atoms with Crippen molar-refractivity contribution in [2.75, 3.05) is 0 Å². The zero-order valence-electron chi connectivity index (χ0n) is 9.84. The molecule has 82 valence electrons. The van der Waals surface area contributed by atoms with E-state index >= 15 is 0 Å². The monoisotopic (exact) mass is 203 g/mol. The maximum Gasteiger partial charge on any atom is 0.160 e. The zero-order chi connectivity index (χ0) is 11.5. The van der Waals surface area contributed by atoms with E-state index in [9.17, 15) is 4.79 Å². The van der Waals surface area contributed by atoms with E-state index in [1.165, 1.54) is 5.56 Å². The van der Waals surface area contributed by atoms with Gasteiger partial charge < -0.3 is 6.92 Å². The van der Waals surface area contributed by atoms with Crippen molar-refractivity contribution < 1.29 is 4.79 Å². The van der Waals surface area contributed by atoms with Crippen molar-refractivity contribution in [1.82, 2.24) is 0 Å². The Morgan fingerprint density at radius 1 is 1.20 bits per heavy atom. The van der Waals surface area contributed by atoms with Gasteiger partial charge in [-0.05, 0) is 17.4 Å². The van der Waals surface area contributed by atoms with E-state index in [4.69, 9.17) is 0 Å².